The predicted molar refractivity (Wildman–Crippen MR) is 202 cm³/mol. The fourth-order valence-electron chi connectivity index (χ4n) is 6.00. The molecule has 0 aromatic rings. The zero-order chi connectivity index (χ0) is 30.6. The Morgan fingerprint density at radius 3 is 1.43 bits per heavy atom. The summed E-state index contributed by atoms with van der Waals surface area (Å²) in [5, 5.41) is 0. The molecule has 0 radical (unpaired) electrons. The van der Waals surface area contributed by atoms with Gasteiger partial charge in [0.1, 0.15) is 3.41 Å². The topological polar surface area (TPSA) is 9.23 Å². The highest BCUT2D eigenvalue weighted by Gasteiger charge is 2.51. The molecule has 0 atom stereocenters. The van der Waals surface area contributed by atoms with Crippen molar-refractivity contribution in [1.82, 2.24) is 0 Å². The summed E-state index contributed by atoms with van der Waals surface area (Å²) in [6, 6.07) is 0. The largest absolute Gasteiger partial charge is 0.354 e. The average molecular weight is 671 g/mol. The van der Waals surface area contributed by atoms with E-state index in [1.54, 1.807) is 0 Å². The van der Waals surface area contributed by atoms with Gasteiger partial charge in [-0.1, -0.05) is 79.1 Å². The second-order valence-corrected chi connectivity index (χ2v) is 20.2. The molecule has 6 rings (SSSR count). The van der Waals surface area contributed by atoms with Crippen molar-refractivity contribution in [2.45, 2.75) is 151 Å². The summed E-state index contributed by atoms with van der Waals surface area (Å²) in [6.45, 7) is 10.1. The molecule has 6 saturated heterocycles. The van der Waals surface area contributed by atoms with E-state index in [0.29, 0.717) is 14.2 Å². The molecule has 6 fully saturated rings. The molecule has 6 aliphatic rings. The van der Waals surface area contributed by atoms with E-state index < -0.39 is 0 Å². The van der Waals surface area contributed by atoms with E-state index in [1.165, 1.54) is 119 Å². The molecule has 6 aliphatic heterocycles. The normalized spacial score (nSPS) is 30.8. The Labute approximate surface area is 283 Å². The first-order valence-electron chi connectivity index (χ1n) is 17.1. The molecule has 0 aromatic heterocycles. The smallest absolute Gasteiger partial charge is 0.160 e. The molecule has 0 spiro atoms. The van der Waals surface area contributed by atoms with Gasteiger partial charge in [-0.15, -0.1) is 83.5 Å². The van der Waals surface area contributed by atoms with Crippen molar-refractivity contribution in [3.05, 3.63) is 0 Å². The third kappa shape index (κ3) is 13.3. The highest BCUT2D eigenvalue weighted by Crippen LogP contribution is 2.64. The maximum Gasteiger partial charge on any atom is 0.160 e. The van der Waals surface area contributed by atoms with Gasteiger partial charge in [0.25, 0.3) is 0 Å². The Hall–Kier alpha value is 0.830. The third-order valence-corrected chi connectivity index (χ3v) is 18.8. The zero-order valence-electron chi connectivity index (χ0n) is 27.6. The molecule has 6 heteroatoms. The zero-order valence-corrected chi connectivity index (χ0v) is 31.7. The van der Waals surface area contributed by atoms with Gasteiger partial charge in [0.15, 0.2) is 4.27 Å². The molecule has 4 bridgehead atoms. The van der Waals surface area contributed by atoms with Gasteiger partial charge in [0, 0.05) is 47.0 Å². The summed E-state index contributed by atoms with van der Waals surface area (Å²) in [5.41, 5.74) is 1.14. The van der Waals surface area contributed by atoms with Gasteiger partial charge in [-0.3, -0.25) is 0 Å². The summed E-state index contributed by atoms with van der Waals surface area (Å²) in [5.74, 6) is 12.2. The van der Waals surface area contributed by atoms with E-state index in [1.807, 2.05) is 23.5 Å². The lowest BCUT2D eigenvalue weighted by Crippen LogP contribution is -2.49. The van der Waals surface area contributed by atoms with Crippen molar-refractivity contribution < 1.29 is 4.74 Å². The molecule has 1 nitrogen and oxygen atoms in total. The van der Waals surface area contributed by atoms with Crippen LogP contribution in [0.2, 0.25) is 0 Å². The minimum Gasteiger partial charge on any atom is -0.354 e. The van der Waals surface area contributed by atoms with Gasteiger partial charge < -0.3 is 4.74 Å². The molecule has 0 aliphatic carbocycles. The molecule has 6 heterocycles. The molecule has 0 unspecified atom stereocenters. The Kier molecular flexibility index (Phi) is 20.1. The van der Waals surface area contributed by atoms with Crippen molar-refractivity contribution in [2.75, 3.05) is 35.4 Å². The lowest BCUT2D eigenvalue weighted by Gasteiger charge is -2.52. The highest BCUT2D eigenvalue weighted by molar-refractivity contribution is 8.34. The summed E-state index contributed by atoms with van der Waals surface area (Å²) >= 11 is 10.8. The van der Waals surface area contributed by atoms with E-state index in [0.717, 1.165) is 32.3 Å². The summed E-state index contributed by atoms with van der Waals surface area (Å²) in [7, 11) is 0. The van der Waals surface area contributed by atoms with Crippen LogP contribution in [0.4, 0.5) is 0 Å². The van der Waals surface area contributed by atoms with Gasteiger partial charge in [-0.2, -0.15) is 0 Å². The Morgan fingerprint density at radius 1 is 0.524 bits per heavy atom. The minimum absolute atomic E-state index is 0.0735. The quantitative estimate of drug-likeness (QED) is 0.112. The second-order valence-electron chi connectivity index (χ2n) is 12.8. The molecule has 0 aromatic carbocycles. The van der Waals surface area contributed by atoms with E-state index in [4.69, 9.17) is 17.6 Å². The molecule has 242 valence electrons. The second kappa shape index (κ2) is 21.6. The number of unbranched alkanes of at least 4 members (excludes halogenated alkanes) is 9. The van der Waals surface area contributed by atoms with Crippen LogP contribution in [0.1, 0.15) is 143 Å². The van der Waals surface area contributed by atoms with Gasteiger partial charge in [0.05, 0.1) is 6.61 Å². The monoisotopic (exact) mass is 670 g/mol. The molecular weight excluding hydrogens is 609 g/mol. The number of hydrogen-bond donors (Lipinski definition) is 0. The first-order valence-corrected chi connectivity index (χ1v) is 22.0. The van der Waals surface area contributed by atoms with Crippen LogP contribution in [-0.4, -0.2) is 43.0 Å². The van der Waals surface area contributed by atoms with Crippen molar-refractivity contribution in [3.63, 3.8) is 0 Å². The lowest BCUT2D eigenvalue weighted by molar-refractivity contribution is -0.0000171. The summed E-state index contributed by atoms with van der Waals surface area (Å²) in [4.78, 5) is 0. The molecule has 0 amide bonds. The van der Waals surface area contributed by atoms with E-state index in [-0.39, 0.29) is 4.27 Å². The minimum atomic E-state index is 0.0735. The number of ether oxygens (including phenoxy) is 1. The van der Waals surface area contributed by atoms with Crippen LogP contribution in [0.25, 0.3) is 0 Å². The molecule has 0 saturated carbocycles. The van der Waals surface area contributed by atoms with E-state index >= 15 is 0 Å². The maximum atomic E-state index is 6.17. The number of fused-ring (bicyclic) bond motifs is 6. The van der Waals surface area contributed by atoms with Crippen molar-refractivity contribution in [3.8, 4) is 24.7 Å². The fourth-order valence-corrected chi connectivity index (χ4v) is 15.3. The van der Waals surface area contributed by atoms with Crippen molar-refractivity contribution >= 4 is 58.8 Å². The van der Waals surface area contributed by atoms with Crippen LogP contribution in [0.5, 0.6) is 0 Å². The Morgan fingerprint density at radius 2 is 1.00 bits per heavy atom. The fraction of sp³-hybridized carbons (Fsp3) is 0.889. The molecule has 42 heavy (non-hydrogen) atoms. The molecular formula is C36H62OS5. The summed E-state index contributed by atoms with van der Waals surface area (Å²) < 4.78 is 6.74. The summed E-state index contributed by atoms with van der Waals surface area (Å²) in [6.07, 6.45) is 33.7. The van der Waals surface area contributed by atoms with Crippen LogP contribution in [0.15, 0.2) is 0 Å². The number of thioether (sulfide) groups is 5. The van der Waals surface area contributed by atoms with E-state index in [9.17, 15) is 0 Å². The Bertz CT molecular complexity index is 685. The van der Waals surface area contributed by atoms with Gasteiger partial charge in [-0.05, 0) is 56.8 Å². The first kappa shape index (κ1) is 39.0. The number of hydrogen-bond acceptors (Lipinski definition) is 6. The Balaban J connectivity index is 0.000000236. The van der Waals surface area contributed by atoms with Crippen LogP contribution in [0.3, 0.4) is 0 Å². The molecule has 0 N–H and O–H groups in total. The maximum absolute atomic E-state index is 6.17. The van der Waals surface area contributed by atoms with E-state index in [2.05, 4.69) is 74.8 Å². The van der Waals surface area contributed by atoms with Crippen LogP contribution < -0.4 is 0 Å². The van der Waals surface area contributed by atoms with Crippen LogP contribution in [0, 0.1) is 35.5 Å². The predicted octanol–water partition coefficient (Wildman–Crippen LogP) is 12.3. The number of terminal acetylenes is 2. The van der Waals surface area contributed by atoms with Crippen LogP contribution in [-0.2, 0) is 4.74 Å². The first-order chi connectivity index (χ1) is 20.4. The van der Waals surface area contributed by atoms with Crippen molar-refractivity contribution in [2.24, 2.45) is 10.8 Å². The van der Waals surface area contributed by atoms with Crippen LogP contribution >= 0.6 is 58.8 Å². The van der Waals surface area contributed by atoms with Gasteiger partial charge >= 0.3 is 0 Å². The standard InChI is InChI=1S/C14H22OS2.C14H22S3.C8H18/c2*1-3-5-6-7-9-14-15-10-13(8-4-2,11-16-14)12-17-14;1-3-5-7-8-6-4-2/h2*1H,4-12H2,2H3;3-8H2,1-2H3. The van der Waals surface area contributed by atoms with Crippen molar-refractivity contribution in [1.29, 1.82) is 0 Å². The third-order valence-electron chi connectivity index (χ3n) is 8.72. The number of rotatable bonds is 17. The average Bonchev–Trinajstić information content (AvgIpc) is 3.03. The highest BCUT2D eigenvalue weighted by atomic mass is 32.3. The SMILES string of the molecule is C#CCCCCC12OCC(CCC)(CS1)CS2.C#CCCCCC12SCC(CCC)(CS1)CS2.CCCCCCCC. The lowest BCUT2D eigenvalue weighted by atomic mass is 9.88. The van der Waals surface area contributed by atoms with Gasteiger partial charge in [-0.25, -0.2) is 0 Å². The van der Waals surface area contributed by atoms with Gasteiger partial charge in [0.2, 0.25) is 0 Å².